The summed E-state index contributed by atoms with van der Waals surface area (Å²) in [7, 11) is 1.58. The molecule has 26 heavy (non-hydrogen) atoms. The lowest BCUT2D eigenvalue weighted by atomic mass is 10.2. The second-order valence-corrected chi connectivity index (χ2v) is 7.54. The van der Waals surface area contributed by atoms with Gasteiger partial charge in [-0.2, -0.15) is 0 Å². The van der Waals surface area contributed by atoms with E-state index in [0.29, 0.717) is 23.2 Å². The van der Waals surface area contributed by atoms with Gasteiger partial charge in [0.1, 0.15) is 5.82 Å². The van der Waals surface area contributed by atoms with Gasteiger partial charge in [0.15, 0.2) is 5.16 Å². The molecule has 3 rings (SSSR count). The molecule has 1 saturated carbocycles. The molecule has 0 aliphatic heterocycles. The third-order valence-electron chi connectivity index (χ3n) is 4.09. The number of carbonyl (C=O) groups excluding carboxylic acids is 2. The number of hydrogen-bond acceptors (Lipinski definition) is 5. The Morgan fingerprint density at radius 1 is 1.31 bits per heavy atom. The topological polar surface area (TPSA) is 88.9 Å². The molecule has 138 valence electrons. The smallest absolute Gasteiger partial charge is 0.251 e. The van der Waals surface area contributed by atoms with Gasteiger partial charge >= 0.3 is 0 Å². The number of nitrogens with zero attached hydrogens (tertiary/aromatic N) is 3. The second-order valence-electron chi connectivity index (χ2n) is 6.59. The van der Waals surface area contributed by atoms with E-state index in [-0.39, 0.29) is 17.6 Å². The SMILES string of the molecule is CNC(=O)c1cccc(NC(=O)CSc2nnc(C(C)C)n2C2CC2)c1. The third kappa shape index (κ3) is 4.24. The molecule has 1 aromatic carbocycles. The maximum Gasteiger partial charge on any atom is 0.251 e. The first-order valence-electron chi connectivity index (χ1n) is 8.69. The van der Waals surface area contributed by atoms with Gasteiger partial charge in [0.05, 0.1) is 5.75 Å². The monoisotopic (exact) mass is 373 g/mol. The Labute approximate surface area is 157 Å². The van der Waals surface area contributed by atoms with Crippen LogP contribution in [-0.4, -0.2) is 39.4 Å². The molecule has 8 heteroatoms. The van der Waals surface area contributed by atoms with Crippen LogP contribution in [0, 0.1) is 0 Å². The quantitative estimate of drug-likeness (QED) is 0.729. The highest BCUT2D eigenvalue weighted by Gasteiger charge is 2.30. The number of aromatic nitrogens is 3. The molecule has 1 aliphatic rings. The number of benzene rings is 1. The molecular weight excluding hydrogens is 350 g/mol. The Morgan fingerprint density at radius 2 is 2.08 bits per heavy atom. The van der Waals surface area contributed by atoms with E-state index in [2.05, 4.69) is 39.2 Å². The molecule has 0 saturated heterocycles. The summed E-state index contributed by atoms with van der Waals surface area (Å²) in [5.41, 5.74) is 1.11. The van der Waals surface area contributed by atoms with Crippen LogP contribution < -0.4 is 10.6 Å². The number of rotatable bonds is 7. The van der Waals surface area contributed by atoms with E-state index in [9.17, 15) is 9.59 Å². The van der Waals surface area contributed by atoms with Gasteiger partial charge in [0.2, 0.25) is 5.91 Å². The van der Waals surface area contributed by atoms with Crippen molar-refractivity contribution in [2.75, 3.05) is 18.1 Å². The van der Waals surface area contributed by atoms with Gasteiger partial charge in [0, 0.05) is 30.3 Å². The average molecular weight is 373 g/mol. The van der Waals surface area contributed by atoms with E-state index < -0.39 is 0 Å². The van der Waals surface area contributed by atoms with Crippen molar-refractivity contribution in [2.24, 2.45) is 0 Å². The summed E-state index contributed by atoms with van der Waals surface area (Å²) in [5.74, 6) is 1.20. The first kappa shape index (κ1) is 18.4. The Morgan fingerprint density at radius 3 is 2.73 bits per heavy atom. The molecule has 0 spiro atoms. The van der Waals surface area contributed by atoms with Crippen LogP contribution in [0.3, 0.4) is 0 Å². The van der Waals surface area contributed by atoms with Crippen molar-refractivity contribution in [3.63, 3.8) is 0 Å². The van der Waals surface area contributed by atoms with Gasteiger partial charge in [0.25, 0.3) is 5.91 Å². The molecule has 1 aliphatic carbocycles. The van der Waals surface area contributed by atoms with Crippen LogP contribution in [0.2, 0.25) is 0 Å². The number of amides is 2. The van der Waals surface area contributed by atoms with E-state index in [4.69, 9.17) is 0 Å². The predicted molar refractivity (Wildman–Crippen MR) is 102 cm³/mol. The zero-order valence-corrected chi connectivity index (χ0v) is 16.0. The van der Waals surface area contributed by atoms with Crippen molar-refractivity contribution in [1.29, 1.82) is 0 Å². The molecule has 0 radical (unpaired) electrons. The summed E-state index contributed by atoms with van der Waals surface area (Å²) in [6.07, 6.45) is 2.29. The minimum atomic E-state index is -0.186. The number of carbonyl (C=O) groups is 2. The van der Waals surface area contributed by atoms with Crippen molar-refractivity contribution in [3.8, 4) is 0 Å². The lowest BCUT2D eigenvalue weighted by Gasteiger charge is -2.11. The zero-order valence-electron chi connectivity index (χ0n) is 15.2. The van der Waals surface area contributed by atoms with E-state index >= 15 is 0 Å². The maximum absolute atomic E-state index is 12.3. The van der Waals surface area contributed by atoms with E-state index in [1.54, 1.807) is 31.3 Å². The fourth-order valence-corrected chi connectivity index (χ4v) is 3.48. The van der Waals surface area contributed by atoms with E-state index in [0.717, 1.165) is 23.8 Å². The highest BCUT2D eigenvalue weighted by Crippen LogP contribution is 2.40. The number of nitrogens with one attached hydrogen (secondary N) is 2. The van der Waals surface area contributed by atoms with Crippen LogP contribution in [0.25, 0.3) is 0 Å². The van der Waals surface area contributed by atoms with Gasteiger partial charge in [-0.1, -0.05) is 31.7 Å². The van der Waals surface area contributed by atoms with Crippen molar-refractivity contribution >= 4 is 29.3 Å². The van der Waals surface area contributed by atoms with E-state index in [1.807, 2.05) is 0 Å². The standard InChI is InChI=1S/C18H23N5O2S/c1-11(2)16-21-22-18(23(16)14-7-8-14)26-10-15(24)20-13-6-4-5-12(9-13)17(25)19-3/h4-6,9,11,14H,7-8,10H2,1-3H3,(H,19,25)(H,20,24). The van der Waals surface area contributed by atoms with Crippen LogP contribution in [0.1, 0.15) is 54.8 Å². The Kier molecular flexibility index (Phi) is 5.61. The fraction of sp³-hybridized carbons (Fsp3) is 0.444. The summed E-state index contributed by atoms with van der Waals surface area (Å²) in [6, 6.07) is 7.34. The Balaban J connectivity index is 1.62. The van der Waals surface area contributed by atoms with Gasteiger partial charge < -0.3 is 15.2 Å². The molecule has 0 atom stereocenters. The summed E-state index contributed by atoms with van der Waals surface area (Å²) < 4.78 is 2.18. The number of anilines is 1. The maximum atomic E-state index is 12.3. The van der Waals surface area contributed by atoms with Crippen LogP contribution >= 0.6 is 11.8 Å². The normalized spacial score (nSPS) is 13.7. The van der Waals surface area contributed by atoms with E-state index in [1.165, 1.54) is 11.8 Å². The molecule has 0 unspecified atom stereocenters. The zero-order chi connectivity index (χ0) is 18.7. The summed E-state index contributed by atoms with van der Waals surface area (Å²) in [5, 5.41) is 14.8. The van der Waals surface area contributed by atoms with Crippen LogP contribution in [0.15, 0.2) is 29.4 Å². The molecule has 1 heterocycles. The first-order valence-corrected chi connectivity index (χ1v) is 9.67. The largest absolute Gasteiger partial charge is 0.355 e. The van der Waals surface area contributed by atoms with Crippen LogP contribution in [0.5, 0.6) is 0 Å². The fourth-order valence-electron chi connectivity index (χ4n) is 2.67. The highest BCUT2D eigenvalue weighted by atomic mass is 32.2. The predicted octanol–water partition coefficient (Wildman–Crippen LogP) is 2.83. The van der Waals surface area contributed by atoms with Crippen molar-refractivity contribution in [2.45, 2.75) is 43.8 Å². The Hall–Kier alpha value is -2.35. The minimum Gasteiger partial charge on any atom is -0.355 e. The molecule has 2 aromatic rings. The average Bonchev–Trinajstić information content (AvgIpc) is 3.38. The lowest BCUT2D eigenvalue weighted by Crippen LogP contribution is -2.19. The number of thioether (sulfide) groups is 1. The molecule has 7 nitrogen and oxygen atoms in total. The first-order chi connectivity index (χ1) is 12.5. The lowest BCUT2D eigenvalue weighted by molar-refractivity contribution is -0.113. The van der Waals surface area contributed by atoms with Gasteiger partial charge in [-0.15, -0.1) is 10.2 Å². The molecule has 1 aromatic heterocycles. The molecular formula is C18H23N5O2S. The molecule has 1 fully saturated rings. The summed E-state index contributed by atoms with van der Waals surface area (Å²) in [6.45, 7) is 4.20. The van der Waals surface area contributed by atoms with Crippen LogP contribution in [-0.2, 0) is 4.79 Å². The highest BCUT2D eigenvalue weighted by molar-refractivity contribution is 7.99. The van der Waals surface area contributed by atoms with Gasteiger partial charge in [-0.3, -0.25) is 9.59 Å². The summed E-state index contributed by atoms with van der Waals surface area (Å²) >= 11 is 1.39. The van der Waals surface area contributed by atoms with Crippen molar-refractivity contribution < 1.29 is 9.59 Å². The molecule has 2 amide bonds. The van der Waals surface area contributed by atoms with Gasteiger partial charge in [-0.05, 0) is 31.0 Å². The Bertz CT molecular complexity index is 814. The second kappa shape index (κ2) is 7.90. The van der Waals surface area contributed by atoms with Crippen LogP contribution in [0.4, 0.5) is 5.69 Å². The van der Waals surface area contributed by atoms with Gasteiger partial charge in [-0.25, -0.2) is 0 Å². The summed E-state index contributed by atoms with van der Waals surface area (Å²) in [4.78, 5) is 24.0. The van der Waals surface area contributed by atoms with Crippen molar-refractivity contribution in [3.05, 3.63) is 35.7 Å². The number of hydrogen-bond donors (Lipinski definition) is 2. The third-order valence-corrected chi connectivity index (χ3v) is 5.03. The van der Waals surface area contributed by atoms with Crippen molar-refractivity contribution in [1.82, 2.24) is 20.1 Å². The molecule has 2 N–H and O–H groups in total. The minimum absolute atomic E-state index is 0.138. The molecule has 0 bridgehead atoms.